The highest BCUT2D eigenvalue weighted by Crippen LogP contribution is 2.21. The zero-order valence-corrected chi connectivity index (χ0v) is 18.0. The summed E-state index contributed by atoms with van der Waals surface area (Å²) in [6, 6.07) is 15.7. The van der Waals surface area contributed by atoms with Gasteiger partial charge in [0, 0.05) is 39.3 Å². The fourth-order valence-electron chi connectivity index (χ4n) is 3.62. The number of methoxy groups -OCH3 is 1. The number of carbonyl (C=O) groups excluding carboxylic acids is 1. The van der Waals surface area contributed by atoms with Crippen LogP contribution in [0, 0.1) is 0 Å². The van der Waals surface area contributed by atoms with Gasteiger partial charge in [-0.2, -0.15) is 0 Å². The Morgan fingerprint density at radius 1 is 0.967 bits per heavy atom. The van der Waals surface area contributed by atoms with Crippen LogP contribution in [-0.4, -0.2) is 68.8 Å². The summed E-state index contributed by atoms with van der Waals surface area (Å²) in [7, 11) is 1.68. The molecule has 0 aliphatic carbocycles. The molecular weight excluding hydrogens is 380 g/mol. The fraction of sp³-hybridized carbons (Fsp3) is 0.458. The van der Waals surface area contributed by atoms with Gasteiger partial charge in [-0.3, -0.25) is 9.69 Å². The Kier molecular flexibility index (Phi) is 8.53. The van der Waals surface area contributed by atoms with E-state index in [9.17, 15) is 4.79 Å². The minimum atomic E-state index is 0.0355. The number of benzene rings is 2. The van der Waals surface area contributed by atoms with Crippen LogP contribution in [0.15, 0.2) is 48.5 Å². The lowest BCUT2D eigenvalue weighted by Crippen LogP contribution is -2.35. The van der Waals surface area contributed by atoms with Crippen molar-refractivity contribution in [3.63, 3.8) is 0 Å². The minimum absolute atomic E-state index is 0.0355. The lowest BCUT2D eigenvalue weighted by molar-refractivity contribution is 0.0750. The Hall–Kier alpha value is -2.57. The van der Waals surface area contributed by atoms with Crippen LogP contribution >= 0.6 is 0 Å². The van der Waals surface area contributed by atoms with E-state index in [1.807, 2.05) is 48.2 Å². The van der Waals surface area contributed by atoms with Gasteiger partial charge >= 0.3 is 0 Å². The Bertz CT molecular complexity index is 794. The predicted octanol–water partition coefficient (Wildman–Crippen LogP) is 3.46. The molecule has 0 spiro atoms. The number of nitrogens with zero attached hydrogens (tertiary/aromatic N) is 2. The Balaban J connectivity index is 1.57. The number of amides is 1. The Morgan fingerprint density at radius 2 is 1.77 bits per heavy atom. The lowest BCUT2D eigenvalue weighted by Gasteiger charge is -2.23. The molecule has 2 aromatic carbocycles. The molecule has 1 aliphatic rings. The quantitative estimate of drug-likeness (QED) is 0.591. The molecule has 1 amide bonds. The van der Waals surface area contributed by atoms with E-state index < -0.39 is 0 Å². The first-order valence-corrected chi connectivity index (χ1v) is 10.7. The van der Waals surface area contributed by atoms with Crippen LogP contribution in [0.3, 0.4) is 0 Å². The molecule has 30 heavy (non-hydrogen) atoms. The van der Waals surface area contributed by atoms with Gasteiger partial charge in [-0.15, -0.1) is 0 Å². The summed E-state index contributed by atoms with van der Waals surface area (Å²) >= 11 is 0. The SMILES string of the molecule is CCOCCOc1ccccc1C(=O)N1CCCN(Cc2ccc(OC)cc2)CC1. The molecule has 6 nitrogen and oxygen atoms in total. The van der Waals surface area contributed by atoms with E-state index in [2.05, 4.69) is 17.0 Å². The molecule has 2 aromatic rings. The van der Waals surface area contributed by atoms with E-state index in [0.29, 0.717) is 37.7 Å². The average molecular weight is 413 g/mol. The van der Waals surface area contributed by atoms with Gasteiger partial charge in [0.2, 0.25) is 0 Å². The maximum atomic E-state index is 13.2. The molecule has 0 atom stereocenters. The van der Waals surface area contributed by atoms with Gasteiger partial charge in [0.25, 0.3) is 5.91 Å². The van der Waals surface area contributed by atoms with E-state index >= 15 is 0 Å². The zero-order valence-electron chi connectivity index (χ0n) is 18.0. The number of ether oxygens (including phenoxy) is 3. The first kappa shape index (κ1) is 22.1. The van der Waals surface area contributed by atoms with Crippen molar-refractivity contribution in [1.82, 2.24) is 9.80 Å². The van der Waals surface area contributed by atoms with E-state index in [1.54, 1.807) is 7.11 Å². The molecule has 3 rings (SSSR count). The standard InChI is InChI=1S/C24H32N2O4/c1-3-29-17-18-30-23-8-5-4-7-22(23)24(27)26-14-6-13-25(15-16-26)19-20-9-11-21(28-2)12-10-20/h4-5,7-12H,3,6,13-19H2,1-2H3. The van der Waals surface area contributed by atoms with Crippen molar-refractivity contribution < 1.29 is 19.0 Å². The topological polar surface area (TPSA) is 51.2 Å². The van der Waals surface area contributed by atoms with Crippen LogP contribution in [0.1, 0.15) is 29.3 Å². The van der Waals surface area contributed by atoms with E-state index in [4.69, 9.17) is 14.2 Å². The maximum absolute atomic E-state index is 13.2. The van der Waals surface area contributed by atoms with Crippen LogP contribution in [0.5, 0.6) is 11.5 Å². The lowest BCUT2D eigenvalue weighted by atomic mass is 10.1. The van der Waals surface area contributed by atoms with E-state index in [0.717, 1.165) is 38.3 Å². The second kappa shape index (κ2) is 11.6. The van der Waals surface area contributed by atoms with Crippen molar-refractivity contribution in [2.24, 2.45) is 0 Å². The monoisotopic (exact) mass is 412 g/mol. The van der Waals surface area contributed by atoms with E-state index in [-0.39, 0.29) is 5.91 Å². The molecule has 0 radical (unpaired) electrons. The number of para-hydroxylation sites is 1. The molecule has 0 N–H and O–H groups in total. The molecule has 1 fully saturated rings. The number of hydrogen-bond acceptors (Lipinski definition) is 5. The third-order valence-corrected chi connectivity index (χ3v) is 5.25. The van der Waals surface area contributed by atoms with Crippen LogP contribution in [0.25, 0.3) is 0 Å². The van der Waals surface area contributed by atoms with Gasteiger partial charge in [0.15, 0.2) is 0 Å². The van der Waals surface area contributed by atoms with Crippen molar-refractivity contribution in [1.29, 1.82) is 0 Å². The molecule has 0 bridgehead atoms. The van der Waals surface area contributed by atoms with Crippen LogP contribution in [0.4, 0.5) is 0 Å². The van der Waals surface area contributed by atoms with Gasteiger partial charge in [-0.1, -0.05) is 24.3 Å². The van der Waals surface area contributed by atoms with E-state index in [1.165, 1.54) is 5.56 Å². The van der Waals surface area contributed by atoms with Crippen LogP contribution in [-0.2, 0) is 11.3 Å². The third-order valence-electron chi connectivity index (χ3n) is 5.25. The molecule has 0 unspecified atom stereocenters. The van der Waals surface area contributed by atoms with Crippen molar-refractivity contribution in [2.75, 3.05) is 53.1 Å². The molecular formula is C24H32N2O4. The zero-order chi connectivity index (χ0) is 21.2. The highest BCUT2D eigenvalue weighted by Gasteiger charge is 2.22. The predicted molar refractivity (Wildman–Crippen MR) is 117 cm³/mol. The van der Waals surface area contributed by atoms with Gasteiger partial charge in [-0.25, -0.2) is 0 Å². The molecule has 1 heterocycles. The van der Waals surface area contributed by atoms with Gasteiger partial charge in [0.05, 0.1) is 19.3 Å². The first-order chi connectivity index (χ1) is 14.7. The Morgan fingerprint density at radius 3 is 2.53 bits per heavy atom. The molecule has 1 saturated heterocycles. The highest BCUT2D eigenvalue weighted by molar-refractivity contribution is 5.97. The van der Waals surface area contributed by atoms with Gasteiger partial charge in [0.1, 0.15) is 18.1 Å². The highest BCUT2D eigenvalue weighted by atomic mass is 16.5. The molecule has 162 valence electrons. The summed E-state index contributed by atoms with van der Waals surface area (Å²) in [5, 5.41) is 0. The average Bonchev–Trinajstić information content (AvgIpc) is 3.03. The first-order valence-electron chi connectivity index (χ1n) is 10.7. The molecule has 6 heteroatoms. The van der Waals surface area contributed by atoms with Gasteiger partial charge < -0.3 is 19.1 Å². The summed E-state index contributed by atoms with van der Waals surface area (Å²) in [6.45, 7) is 7.74. The number of rotatable bonds is 9. The summed E-state index contributed by atoms with van der Waals surface area (Å²) < 4.78 is 16.4. The molecule has 0 saturated carbocycles. The molecule has 1 aliphatic heterocycles. The van der Waals surface area contributed by atoms with Crippen molar-refractivity contribution in [3.8, 4) is 11.5 Å². The third kappa shape index (κ3) is 6.21. The largest absolute Gasteiger partial charge is 0.497 e. The fourth-order valence-corrected chi connectivity index (χ4v) is 3.62. The van der Waals surface area contributed by atoms with Crippen molar-refractivity contribution in [3.05, 3.63) is 59.7 Å². The van der Waals surface area contributed by atoms with Crippen LogP contribution in [0.2, 0.25) is 0 Å². The maximum Gasteiger partial charge on any atom is 0.257 e. The summed E-state index contributed by atoms with van der Waals surface area (Å²) in [6.07, 6.45) is 0.954. The number of carbonyl (C=O) groups is 1. The molecule has 0 aromatic heterocycles. The second-order valence-corrected chi connectivity index (χ2v) is 7.31. The minimum Gasteiger partial charge on any atom is -0.497 e. The smallest absolute Gasteiger partial charge is 0.257 e. The Labute approximate surface area is 179 Å². The summed E-state index contributed by atoms with van der Waals surface area (Å²) in [5.41, 5.74) is 1.88. The van der Waals surface area contributed by atoms with Crippen molar-refractivity contribution >= 4 is 5.91 Å². The number of hydrogen-bond donors (Lipinski definition) is 0. The normalized spacial score (nSPS) is 14.9. The van der Waals surface area contributed by atoms with Gasteiger partial charge in [-0.05, 0) is 43.2 Å². The summed E-state index contributed by atoms with van der Waals surface area (Å²) in [5.74, 6) is 1.53. The second-order valence-electron chi connectivity index (χ2n) is 7.31. The van der Waals surface area contributed by atoms with Crippen LogP contribution < -0.4 is 9.47 Å². The summed E-state index contributed by atoms with van der Waals surface area (Å²) in [4.78, 5) is 17.5. The van der Waals surface area contributed by atoms with Crippen molar-refractivity contribution in [2.45, 2.75) is 19.9 Å².